The minimum atomic E-state index is 0.665. The maximum absolute atomic E-state index is 4.43. The first-order valence-electron chi connectivity index (χ1n) is 7.62. The van der Waals surface area contributed by atoms with Crippen LogP contribution in [-0.2, 0) is 19.6 Å². The van der Waals surface area contributed by atoms with Crippen molar-refractivity contribution in [3.8, 4) is 0 Å². The van der Waals surface area contributed by atoms with Gasteiger partial charge in [-0.15, -0.1) is 0 Å². The molecule has 0 unspecified atom stereocenters. The van der Waals surface area contributed by atoms with Crippen molar-refractivity contribution in [1.29, 1.82) is 0 Å². The van der Waals surface area contributed by atoms with E-state index >= 15 is 0 Å². The second-order valence-electron chi connectivity index (χ2n) is 5.99. The van der Waals surface area contributed by atoms with Crippen molar-refractivity contribution < 1.29 is 0 Å². The Labute approximate surface area is 126 Å². The van der Waals surface area contributed by atoms with Crippen LogP contribution in [0, 0.1) is 5.92 Å². The van der Waals surface area contributed by atoms with E-state index in [1.54, 1.807) is 0 Å². The van der Waals surface area contributed by atoms with Crippen molar-refractivity contribution in [3.05, 3.63) is 42.2 Å². The van der Waals surface area contributed by atoms with Crippen LogP contribution in [0.25, 0.3) is 0 Å². The van der Waals surface area contributed by atoms with Crippen molar-refractivity contribution in [1.82, 2.24) is 19.9 Å². The van der Waals surface area contributed by atoms with Gasteiger partial charge < -0.3 is 14.8 Å². The Balaban J connectivity index is 1.73. The summed E-state index contributed by atoms with van der Waals surface area (Å²) in [5.41, 5.74) is 2.54. The van der Waals surface area contributed by atoms with E-state index in [1.165, 1.54) is 11.3 Å². The summed E-state index contributed by atoms with van der Waals surface area (Å²) in [6, 6.07) is 2.11. The Hall–Kier alpha value is -1.88. The molecule has 0 radical (unpaired) electrons. The molecule has 3 heterocycles. The van der Waals surface area contributed by atoms with Gasteiger partial charge in [-0.2, -0.15) is 0 Å². The van der Waals surface area contributed by atoms with Crippen LogP contribution in [0.2, 0.25) is 0 Å². The molecule has 0 saturated heterocycles. The Kier molecular flexibility index (Phi) is 4.20. The molecule has 0 saturated carbocycles. The van der Waals surface area contributed by atoms with E-state index in [0.29, 0.717) is 5.92 Å². The predicted molar refractivity (Wildman–Crippen MR) is 84.1 cm³/mol. The summed E-state index contributed by atoms with van der Waals surface area (Å²) < 4.78 is 2.23. The van der Waals surface area contributed by atoms with E-state index in [4.69, 9.17) is 0 Å². The van der Waals surface area contributed by atoms with E-state index in [1.807, 2.05) is 18.6 Å². The van der Waals surface area contributed by atoms with Gasteiger partial charge in [0.2, 0.25) is 0 Å². The van der Waals surface area contributed by atoms with Crippen molar-refractivity contribution in [2.24, 2.45) is 5.92 Å². The van der Waals surface area contributed by atoms with Gasteiger partial charge in [0, 0.05) is 38.2 Å². The van der Waals surface area contributed by atoms with E-state index in [2.05, 4.69) is 50.9 Å². The Morgan fingerprint density at radius 1 is 1.29 bits per heavy atom. The van der Waals surface area contributed by atoms with Crippen LogP contribution in [0.3, 0.4) is 0 Å². The second-order valence-corrected chi connectivity index (χ2v) is 5.99. The lowest BCUT2D eigenvalue weighted by molar-refractivity contribution is 0.543. The molecule has 3 rings (SSSR count). The summed E-state index contributed by atoms with van der Waals surface area (Å²) in [6.45, 7) is 9.23. The van der Waals surface area contributed by atoms with Gasteiger partial charge >= 0.3 is 0 Å². The Morgan fingerprint density at radius 3 is 3.05 bits per heavy atom. The lowest BCUT2D eigenvalue weighted by Gasteiger charge is -2.31. The molecule has 0 fully saturated rings. The first-order chi connectivity index (χ1) is 10.2. The van der Waals surface area contributed by atoms with Crippen molar-refractivity contribution in [2.45, 2.75) is 33.5 Å². The first kappa shape index (κ1) is 14.1. The highest BCUT2D eigenvalue weighted by Gasteiger charge is 2.19. The van der Waals surface area contributed by atoms with E-state index in [9.17, 15) is 0 Å². The van der Waals surface area contributed by atoms with E-state index in [-0.39, 0.29) is 0 Å². The largest absolute Gasteiger partial charge is 0.361 e. The van der Waals surface area contributed by atoms with E-state index in [0.717, 1.165) is 38.5 Å². The van der Waals surface area contributed by atoms with Crippen LogP contribution in [0.4, 0.5) is 5.69 Å². The number of fused-ring (bicyclic) bond motifs is 1. The highest BCUT2D eigenvalue weighted by molar-refractivity contribution is 5.52. The zero-order valence-electron chi connectivity index (χ0n) is 12.8. The molecule has 112 valence electrons. The predicted octanol–water partition coefficient (Wildman–Crippen LogP) is 2.04. The number of rotatable bonds is 5. The molecule has 5 heteroatoms. The number of imidazole rings is 1. The molecule has 1 aliphatic heterocycles. The lowest BCUT2D eigenvalue weighted by Crippen LogP contribution is -2.34. The minimum Gasteiger partial charge on any atom is -0.361 e. The summed E-state index contributed by atoms with van der Waals surface area (Å²) >= 11 is 0. The van der Waals surface area contributed by atoms with Crippen LogP contribution in [0.15, 0.2) is 30.9 Å². The molecule has 0 spiro atoms. The molecule has 0 aromatic carbocycles. The molecule has 5 nitrogen and oxygen atoms in total. The molecule has 0 amide bonds. The molecular formula is C16H23N5. The minimum absolute atomic E-state index is 0.665. The molecule has 0 atom stereocenters. The number of hydrogen-bond acceptors (Lipinski definition) is 4. The van der Waals surface area contributed by atoms with Gasteiger partial charge in [0.25, 0.3) is 0 Å². The van der Waals surface area contributed by atoms with Crippen LogP contribution in [0.5, 0.6) is 0 Å². The molecule has 2 aromatic rings. The van der Waals surface area contributed by atoms with Gasteiger partial charge in [0.15, 0.2) is 0 Å². The standard InChI is InChI=1S/C16H23N5/c1-13(2)9-18-10-14-3-4-17-11-15(14)21-8-7-20-6-5-19-16(20)12-21/h3-6,11,13,18H,7-10,12H2,1-2H3. The zero-order chi connectivity index (χ0) is 14.7. The maximum atomic E-state index is 4.43. The fourth-order valence-electron chi connectivity index (χ4n) is 2.72. The van der Waals surface area contributed by atoms with Crippen LogP contribution in [0.1, 0.15) is 25.2 Å². The summed E-state index contributed by atoms with van der Waals surface area (Å²) in [7, 11) is 0. The van der Waals surface area contributed by atoms with Crippen molar-refractivity contribution in [3.63, 3.8) is 0 Å². The van der Waals surface area contributed by atoms with Gasteiger partial charge in [0.05, 0.1) is 18.4 Å². The Bertz CT molecular complexity index is 590. The molecular weight excluding hydrogens is 262 g/mol. The van der Waals surface area contributed by atoms with Gasteiger partial charge in [-0.05, 0) is 24.1 Å². The monoisotopic (exact) mass is 285 g/mol. The van der Waals surface area contributed by atoms with Crippen molar-refractivity contribution >= 4 is 5.69 Å². The fourth-order valence-corrected chi connectivity index (χ4v) is 2.72. The normalized spacial score (nSPS) is 14.5. The number of nitrogens with one attached hydrogen (secondary N) is 1. The van der Waals surface area contributed by atoms with Crippen LogP contribution >= 0.6 is 0 Å². The first-order valence-corrected chi connectivity index (χ1v) is 7.62. The van der Waals surface area contributed by atoms with Gasteiger partial charge in [-0.1, -0.05) is 13.8 Å². The number of aromatic nitrogens is 3. The van der Waals surface area contributed by atoms with Crippen LogP contribution < -0.4 is 10.2 Å². The summed E-state index contributed by atoms with van der Waals surface area (Å²) in [4.78, 5) is 11.1. The molecule has 0 aliphatic carbocycles. The third-order valence-corrected chi connectivity index (χ3v) is 3.84. The lowest BCUT2D eigenvalue weighted by atomic mass is 10.1. The third kappa shape index (κ3) is 3.24. The quantitative estimate of drug-likeness (QED) is 0.913. The SMILES string of the molecule is CC(C)CNCc1ccncc1N1CCn2ccnc2C1. The van der Waals surface area contributed by atoms with Crippen LogP contribution in [-0.4, -0.2) is 27.6 Å². The molecule has 2 aromatic heterocycles. The number of hydrogen-bond donors (Lipinski definition) is 1. The third-order valence-electron chi connectivity index (χ3n) is 3.84. The molecule has 1 N–H and O–H groups in total. The van der Waals surface area contributed by atoms with Crippen molar-refractivity contribution in [2.75, 3.05) is 18.0 Å². The van der Waals surface area contributed by atoms with Gasteiger partial charge in [-0.3, -0.25) is 4.98 Å². The number of anilines is 1. The number of nitrogens with zero attached hydrogens (tertiary/aromatic N) is 4. The summed E-state index contributed by atoms with van der Waals surface area (Å²) in [6.07, 6.45) is 7.79. The zero-order valence-corrected chi connectivity index (χ0v) is 12.8. The molecule has 1 aliphatic rings. The smallest absolute Gasteiger partial charge is 0.128 e. The van der Waals surface area contributed by atoms with E-state index < -0.39 is 0 Å². The number of pyridine rings is 1. The molecule has 0 bridgehead atoms. The second kappa shape index (κ2) is 6.26. The summed E-state index contributed by atoms with van der Waals surface area (Å²) in [5, 5.41) is 3.52. The Morgan fingerprint density at radius 2 is 2.19 bits per heavy atom. The van der Waals surface area contributed by atoms with Gasteiger partial charge in [0.1, 0.15) is 5.82 Å². The highest BCUT2D eigenvalue weighted by atomic mass is 15.2. The summed E-state index contributed by atoms with van der Waals surface area (Å²) in [5.74, 6) is 1.80. The van der Waals surface area contributed by atoms with Gasteiger partial charge in [-0.25, -0.2) is 4.98 Å². The fraction of sp³-hybridized carbons (Fsp3) is 0.500. The average Bonchev–Trinajstić information content (AvgIpc) is 2.95. The highest BCUT2D eigenvalue weighted by Crippen LogP contribution is 2.23. The average molecular weight is 285 g/mol. The molecule has 21 heavy (non-hydrogen) atoms. The maximum Gasteiger partial charge on any atom is 0.128 e. The topological polar surface area (TPSA) is 46.0 Å².